The molecule has 1 atom stereocenters. The molecule has 1 aromatic carbocycles. The molecule has 0 aromatic heterocycles. The number of allylic oxidation sites excluding steroid dienone is 4. The summed E-state index contributed by atoms with van der Waals surface area (Å²) in [6.07, 6.45) is 5.02. The van der Waals surface area contributed by atoms with E-state index in [0.717, 1.165) is 28.7 Å². The van der Waals surface area contributed by atoms with Crippen molar-refractivity contribution >= 4 is 29.8 Å². The van der Waals surface area contributed by atoms with E-state index in [0.29, 0.717) is 4.48 Å². The van der Waals surface area contributed by atoms with Gasteiger partial charge in [0.15, 0.2) is 5.78 Å². The maximum atomic E-state index is 12.7. The Morgan fingerprint density at radius 1 is 1.12 bits per heavy atom. The fourth-order valence-electron chi connectivity index (χ4n) is 3.08. The molecule has 1 aliphatic rings. The van der Waals surface area contributed by atoms with E-state index in [-0.39, 0.29) is 11.2 Å². The van der Waals surface area contributed by atoms with Gasteiger partial charge in [0.05, 0.1) is 26.8 Å². The van der Waals surface area contributed by atoms with Crippen LogP contribution < -0.4 is 9.47 Å². The smallest absolute Gasteiger partial charge is 0.191 e. The first-order chi connectivity index (χ1) is 11.2. The second-order valence-corrected chi connectivity index (χ2v) is 13.0. The molecule has 0 amide bonds. The number of carbonyl (C=O) groups excluding carboxylic acids is 1. The molecule has 0 heterocycles. The fourth-order valence-corrected chi connectivity index (χ4v) is 5.39. The zero-order valence-electron chi connectivity index (χ0n) is 15.2. The lowest BCUT2D eigenvalue weighted by molar-refractivity contribution is -0.111. The molecule has 0 bridgehead atoms. The predicted molar refractivity (Wildman–Crippen MR) is 105 cm³/mol. The molecule has 0 N–H and O–H groups in total. The molecule has 0 saturated heterocycles. The van der Waals surface area contributed by atoms with Gasteiger partial charge in [0.2, 0.25) is 0 Å². The van der Waals surface area contributed by atoms with Crippen LogP contribution in [0.3, 0.4) is 0 Å². The van der Waals surface area contributed by atoms with Crippen LogP contribution in [0.2, 0.25) is 19.6 Å². The lowest BCUT2D eigenvalue weighted by Crippen LogP contribution is -2.36. The van der Waals surface area contributed by atoms with Crippen LogP contribution in [0.15, 0.2) is 40.0 Å². The van der Waals surface area contributed by atoms with Crippen molar-refractivity contribution in [3.63, 3.8) is 0 Å². The number of rotatable bonds is 5. The van der Waals surface area contributed by atoms with Crippen molar-refractivity contribution in [2.24, 2.45) is 0 Å². The van der Waals surface area contributed by atoms with Crippen molar-refractivity contribution in [3.05, 3.63) is 45.6 Å². The average molecular weight is 409 g/mol. The third-order valence-corrected chi connectivity index (χ3v) is 7.13. The van der Waals surface area contributed by atoms with Gasteiger partial charge >= 0.3 is 0 Å². The van der Waals surface area contributed by atoms with E-state index in [2.05, 4.69) is 48.6 Å². The number of hydrogen-bond donors (Lipinski definition) is 0. The maximum absolute atomic E-state index is 12.7. The van der Waals surface area contributed by atoms with Gasteiger partial charge in [-0.1, -0.05) is 44.8 Å². The van der Waals surface area contributed by atoms with Crippen LogP contribution in [-0.4, -0.2) is 28.1 Å². The first-order valence-corrected chi connectivity index (χ1v) is 12.4. The number of ether oxygens (including phenoxy) is 2. The van der Waals surface area contributed by atoms with Crippen molar-refractivity contribution < 1.29 is 14.3 Å². The molecule has 3 nitrogen and oxygen atoms in total. The van der Waals surface area contributed by atoms with Crippen LogP contribution in [0, 0.1) is 0 Å². The number of methoxy groups -OCH3 is 2. The highest BCUT2D eigenvalue weighted by atomic mass is 79.9. The van der Waals surface area contributed by atoms with E-state index in [1.165, 1.54) is 0 Å². The van der Waals surface area contributed by atoms with Crippen molar-refractivity contribution in [1.82, 2.24) is 0 Å². The van der Waals surface area contributed by atoms with E-state index in [4.69, 9.17) is 9.47 Å². The van der Waals surface area contributed by atoms with Gasteiger partial charge in [-0.25, -0.2) is 0 Å². The predicted octanol–water partition coefficient (Wildman–Crippen LogP) is 5.02. The highest BCUT2D eigenvalue weighted by Crippen LogP contribution is 2.45. The number of halogens is 1. The summed E-state index contributed by atoms with van der Waals surface area (Å²) in [6.45, 7) is 8.74. The zero-order chi connectivity index (χ0) is 18.1. The van der Waals surface area contributed by atoms with Gasteiger partial charge in [0.1, 0.15) is 11.5 Å². The zero-order valence-corrected chi connectivity index (χ0v) is 17.8. The third kappa shape index (κ3) is 3.38. The second kappa shape index (κ2) is 6.88. The van der Waals surface area contributed by atoms with Gasteiger partial charge in [-0.3, -0.25) is 4.79 Å². The number of hydrogen-bond acceptors (Lipinski definition) is 3. The minimum absolute atomic E-state index is 0.116. The summed E-state index contributed by atoms with van der Waals surface area (Å²) in [5.41, 5.74) is 0.688. The Balaban J connectivity index is 2.72. The molecule has 0 aliphatic heterocycles. The lowest BCUT2D eigenvalue weighted by atomic mass is 9.74. The van der Waals surface area contributed by atoms with Crippen LogP contribution in [0.1, 0.15) is 18.9 Å². The quantitative estimate of drug-likeness (QED) is 0.641. The molecule has 1 unspecified atom stereocenters. The minimum atomic E-state index is -1.77. The van der Waals surface area contributed by atoms with E-state index >= 15 is 0 Å². The number of Topliss-reactive ketones (excluding diaryl/α,β-unsaturated/α-hetero) is 1. The van der Waals surface area contributed by atoms with Crippen molar-refractivity contribution in [2.75, 3.05) is 14.2 Å². The molecule has 0 saturated carbocycles. The van der Waals surface area contributed by atoms with Gasteiger partial charge in [0.25, 0.3) is 0 Å². The van der Waals surface area contributed by atoms with Gasteiger partial charge in [0, 0.05) is 17.0 Å². The van der Waals surface area contributed by atoms with Crippen molar-refractivity contribution in [2.45, 2.75) is 38.4 Å². The van der Waals surface area contributed by atoms with Gasteiger partial charge in [-0.15, -0.1) is 0 Å². The Kier molecular flexibility index (Phi) is 5.45. The monoisotopic (exact) mass is 408 g/mol. The molecule has 0 fully saturated rings. The molecular weight excluding hydrogens is 384 g/mol. The Morgan fingerprint density at radius 3 is 2.29 bits per heavy atom. The van der Waals surface area contributed by atoms with E-state index < -0.39 is 8.07 Å². The van der Waals surface area contributed by atoms with Crippen molar-refractivity contribution in [1.29, 1.82) is 0 Å². The van der Waals surface area contributed by atoms with E-state index in [1.807, 2.05) is 24.3 Å². The fraction of sp³-hybridized carbons (Fsp3) is 0.421. The summed E-state index contributed by atoms with van der Waals surface area (Å²) in [5.74, 6) is 1.64. The molecule has 1 aliphatic carbocycles. The van der Waals surface area contributed by atoms with Gasteiger partial charge in [-0.2, -0.15) is 0 Å². The molecular formula is C19H25BrO3Si. The summed E-state index contributed by atoms with van der Waals surface area (Å²) in [4.78, 5) is 12.7. The Hall–Kier alpha value is -1.33. The average Bonchev–Trinajstić information content (AvgIpc) is 2.55. The summed E-state index contributed by atoms with van der Waals surface area (Å²) in [7, 11) is 1.54. The largest absolute Gasteiger partial charge is 0.497 e. The second-order valence-electron chi connectivity index (χ2n) is 7.09. The number of ketones is 1. The molecule has 0 radical (unpaired) electrons. The van der Waals surface area contributed by atoms with Crippen LogP contribution in [0.4, 0.5) is 0 Å². The molecule has 2 rings (SSSR count). The normalized spacial score (nSPS) is 21.2. The SMILES string of the molecule is CCC1(c2ccc(OC)cc2OC)C=C(Br)C(=O)C([Si](C)(C)C)=C1. The molecule has 0 spiro atoms. The first kappa shape index (κ1) is 19.0. The summed E-state index contributed by atoms with van der Waals surface area (Å²) in [5, 5.41) is 0.955. The van der Waals surface area contributed by atoms with E-state index in [1.54, 1.807) is 14.2 Å². The molecule has 5 heteroatoms. The molecule has 24 heavy (non-hydrogen) atoms. The molecule has 130 valence electrons. The third-order valence-electron chi connectivity index (χ3n) is 4.55. The Bertz CT molecular complexity index is 716. The standard InChI is InChI=1S/C19H25BrO3Si/c1-7-19(14-9-8-13(22-2)10-16(14)23-3)11-15(20)18(21)17(12-19)24(4,5)6/h8-12H,7H2,1-6H3. The highest BCUT2D eigenvalue weighted by Gasteiger charge is 2.39. The maximum Gasteiger partial charge on any atom is 0.191 e. The first-order valence-electron chi connectivity index (χ1n) is 8.07. The minimum Gasteiger partial charge on any atom is -0.497 e. The van der Waals surface area contributed by atoms with Gasteiger partial charge < -0.3 is 9.47 Å². The Labute approximate surface area is 153 Å². The summed E-state index contributed by atoms with van der Waals surface area (Å²) >= 11 is 3.50. The highest BCUT2D eigenvalue weighted by molar-refractivity contribution is 9.12. The lowest BCUT2D eigenvalue weighted by Gasteiger charge is -2.35. The number of carbonyl (C=O) groups is 1. The van der Waals surface area contributed by atoms with Crippen LogP contribution >= 0.6 is 15.9 Å². The Morgan fingerprint density at radius 2 is 1.79 bits per heavy atom. The topological polar surface area (TPSA) is 35.5 Å². The van der Waals surface area contributed by atoms with Crippen LogP contribution in [-0.2, 0) is 10.2 Å². The van der Waals surface area contributed by atoms with Crippen LogP contribution in [0.5, 0.6) is 11.5 Å². The van der Waals surface area contributed by atoms with E-state index in [9.17, 15) is 4.79 Å². The number of benzene rings is 1. The van der Waals surface area contributed by atoms with Crippen molar-refractivity contribution in [3.8, 4) is 11.5 Å². The van der Waals surface area contributed by atoms with Gasteiger partial charge in [-0.05, 0) is 33.6 Å². The summed E-state index contributed by atoms with van der Waals surface area (Å²) < 4.78 is 11.6. The molecule has 1 aromatic rings. The van der Waals surface area contributed by atoms with Crippen LogP contribution in [0.25, 0.3) is 0 Å². The summed E-state index contributed by atoms with van der Waals surface area (Å²) in [6, 6.07) is 5.87.